The fourth-order valence-electron chi connectivity index (χ4n) is 10.2. The third-order valence-electron chi connectivity index (χ3n) is 12.1. The summed E-state index contributed by atoms with van der Waals surface area (Å²) in [6, 6.07) is 0.583. The van der Waals surface area contributed by atoms with Crippen LogP contribution in [0.5, 0.6) is 0 Å². The normalized spacial score (nSPS) is 48.9. The van der Waals surface area contributed by atoms with Gasteiger partial charge >= 0.3 is 0 Å². The maximum Gasteiger partial charge on any atom is 0.0765 e. The van der Waals surface area contributed by atoms with Gasteiger partial charge in [0.2, 0.25) is 0 Å². The molecule has 10 atom stereocenters. The van der Waals surface area contributed by atoms with Crippen molar-refractivity contribution in [1.29, 1.82) is 0 Å². The minimum absolute atomic E-state index is 0.0330. The van der Waals surface area contributed by atoms with Crippen molar-refractivity contribution < 1.29 is 9.84 Å². The van der Waals surface area contributed by atoms with Crippen LogP contribution in [0.25, 0.3) is 0 Å². The number of hydrogen-bond acceptors (Lipinski definition) is 4. The summed E-state index contributed by atoms with van der Waals surface area (Å²) >= 11 is 0. The Morgan fingerprint density at radius 3 is 2.75 bits per heavy atom. The Morgan fingerprint density at radius 1 is 1.17 bits per heavy atom. The van der Waals surface area contributed by atoms with E-state index in [9.17, 15) is 5.11 Å². The molecule has 2 aliphatic heterocycles. The number of ether oxygens (including phenoxy) is 1. The Balaban J connectivity index is 1.26. The number of hydrogen-bond donors (Lipinski definition) is 1. The smallest absolute Gasteiger partial charge is 0.0765 e. The van der Waals surface area contributed by atoms with E-state index in [0.29, 0.717) is 23.5 Å². The van der Waals surface area contributed by atoms with Crippen molar-refractivity contribution in [3.8, 4) is 0 Å². The highest BCUT2D eigenvalue weighted by atomic mass is 16.5. The standard InChI is InChI=1S/C32H52N2O2/c1-20-15-29-30(34(19-20)14-13-33(5)6)22(3)32(36-29)12-10-25-26-8-7-23-16-24(35)9-11-31(23,4)28(26)17-27(25)21(2)18-32/h16,20,22,24-26,28-30,35H,7-15,17-19H2,1-6H3. The monoisotopic (exact) mass is 496 g/mol. The summed E-state index contributed by atoms with van der Waals surface area (Å²) < 4.78 is 7.26. The molecule has 2 saturated carbocycles. The first-order valence-corrected chi connectivity index (χ1v) is 15.3. The molecule has 4 fully saturated rings. The van der Waals surface area contributed by atoms with Crippen molar-refractivity contribution in [3.63, 3.8) is 0 Å². The number of fused-ring (bicyclic) bond motifs is 6. The van der Waals surface area contributed by atoms with E-state index in [1.54, 1.807) is 11.1 Å². The van der Waals surface area contributed by atoms with Gasteiger partial charge in [0.15, 0.2) is 0 Å². The van der Waals surface area contributed by atoms with E-state index >= 15 is 0 Å². The summed E-state index contributed by atoms with van der Waals surface area (Å²) in [5.74, 6) is 3.70. The van der Waals surface area contributed by atoms with Crippen LogP contribution in [0.15, 0.2) is 22.8 Å². The van der Waals surface area contributed by atoms with Crippen LogP contribution >= 0.6 is 0 Å². The number of aliphatic hydroxyl groups excluding tert-OH is 1. The largest absolute Gasteiger partial charge is 0.389 e. The highest BCUT2D eigenvalue weighted by Crippen LogP contribution is 2.64. The number of likely N-dealkylation sites (N-methyl/N-ethyl adjacent to an activating group) is 1. The van der Waals surface area contributed by atoms with E-state index in [1.165, 1.54) is 51.5 Å². The maximum absolute atomic E-state index is 10.3. The Labute approximate surface area is 220 Å². The van der Waals surface area contributed by atoms with Gasteiger partial charge in [-0.2, -0.15) is 0 Å². The number of rotatable bonds is 3. The molecule has 4 heteroatoms. The van der Waals surface area contributed by atoms with Crippen LogP contribution in [0.1, 0.15) is 85.5 Å². The van der Waals surface area contributed by atoms with E-state index in [-0.39, 0.29) is 11.7 Å². The van der Waals surface area contributed by atoms with Crippen molar-refractivity contribution in [3.05, 3.63) is 22.8 Å². The van der Waals surface area contributed by atoms with Crippen LogP contribution in [-0.2, 0) is 4.74 Å². The van der Waals surface area contributed by atoms with Crippen molar-refractivity contribution in [2.45, 2.75) is 109 Å². The van der Waals surface area contributed by atoms with Gasteiger partial charge in [-0.3, -0.25) is 4.90 Å². The quantitative estimate of drug-likeness (QED) is 0.511. The summed E-state index contributed by atoms with van der Waals surface area (Å²) in [4.78, 5) is 5.14. The molecule has 4 nitrogen and oxygen atoms in total. The van der Waals surface area contributed by atoms with E-state index < -0.39 is 0 Å². The van der Waals surface area contributed by atoms with Gasteiger partial charge in [-0.15, -0.1) is 0 Å². The predicted octanol–water partition coefficient (Wildman–Crippen LogP) is 5.67. The van der Waals surface area contributed by atoms with Crippen LogP contribution < -0.4 is 0 Å². The average Bonchev–Trinajstić information content (AvgIpc) is 3.28. The molecular weight excluding hydrogens is 444 g/mol. The number of aliphatic hydroxyl groups is 1. The number of likely N-dealkylation sites (tertiary alicyclic amines) is 1. The Kier molecular flexibility index (Phi) is 6.55. The molecule has 1 spiro atoms. The van der Waals surface area contributed by atoms with E-state index in [0.717, 1.165) is 49.6 Å². The number of allylic oxidation sites excluding steroid dienone is 2. The van der Waals surface area contributed by atoms with Crippen LogP contribution in [0.2, 0.25) is 0 Å². The van der Waals surface area contributed by atoms with Crippen molar-refractivity contribution in [2.24, 2.45) is 35.0 Å². The molecular formula is C32H52N2O2. The first-order chi connectivity index (χ1) is 17.1. The molecule has 4 aliphatic carbocycles. The Morgan fingerprint density at radius 2 is 1.97 bits per heavy atom. The summed E-state index contributed by atoms with van der Waals surface area (Å²) in [6.07, 6.45) is 13.3. The van der Waals surface area contributed by atoms with E-state index in [2.05, 4.69) is 57.7 Å². The molecule has 2 saturated heterocycles. The highest BCUT2D eigenvalue weighted by molar-refractivity contribution is 5.33. The maximum atomic E-state index is 10.3. The minimum atomic E-state index is -0.207. The first-order valence-electron chi connectivity index (χ1n) is 15.3. The van der Waals surface area contributed by atoms with Gasteiger partial charge in [0.25, 0.3) is 0 Å². The number of piperidine rings is 1. The molecule has 0 aromatic carbocycles. The lowest BCUT2D eigenvalue weighted by Gasteiger charge is -2.49. The molecule has 10 unspecified atom stereocenters. The highest BCUT2D eigenvalue weighted by Gasteiger charge is 2.59. The lowest BCUT2D eigenvalue weighted by molar-refractivity contribution is -0.0795. The fraction of sp³-hybridized carbons (Fsp3) is 0.875. The van der Waals surface area contributed by atoms with Gasteiger partial charge < -0.3 is 14.7 Å². The Hall–Kier alpha value is -0.680. The van der Waals surface area contributed by atoms with Crippen LogP contribution in [-0.4, -0.2) is 72.5 Å². The molecule has 0 amide bonds. The average molecular weight is 497 g/mol. The number of nitrogens with zero attached hydrogens (tertiary/aromatic N) is 2. The van der Waals surface area contributed by atoms with Crippen molar-refractivity contribution in [1.82, 2.24) is 9.80 Å². The summed E-state index contributed by atoms with van der Waals surface area (Å²) in [6.45, 7) is 13.5. The molecule has 1 N–H and O–H groups in total. The van der Waals surface area contributed by atoms with Crippen LogP contribution in [0.4, 0.5) is 0 Å². The zero-order chi connectivity index (χ0) is 25.4. The van der Waals surface area contributed by atoms with Gasteiger partial charge in [0.05, 0.1) is 17.8 Å². The second-order valence-corrected chi connectivity index (χ2v) is 14.5. The molecule has 202 valence electrons. The van der Waals surface area contributed by atoms with E-state index in [4.69, 9.17) is 4.74 Å². The van der Waals surface area contributed by atoms with Crippen molar-refractivity contribution in [2.75, 3.05) is 33.7 Å². The van der Waals surface area contributed by atoms with Gasteiger partial charge in [-0.1, -0.05) is 43.6 Å². The summed E-state index contributed by atoms with van der Waals surface area (Å²) in [5.41, 5.74) is 5.42. The molecule has 0 bridgehead atoms. The van der Waals surface area contributed by atoms with Gasteiger partial charge in [-0.05, 0) is 108 Å². The van der Waals surface area contributed by atoms with Gasteiger partial charge in [-0.25, -0.2) is 0 Å². The SMILES string of the molecule is CC1=C2CC3C(CCC4=CC(O)CCC43C)C2CCC2(C1)OC1CC(C)CN(CCN(C)C)C1C2C. The molecule has 0 radical (unpaired) electrons. The predicted molar refractivity (Wildman–Crippen MR) is 147 cm³/mol. The first kappa shape index (κ1) is 25.6. The molecule has 2 heterocycles. The molecule has 36 heavy (non-hydrogen) atoms. The molecule has 6 rings (SSSR count). The van der Waals surface area contributed by atoms with Gasteiger partial charge in [0.1, 0.15) is 0 Å². The van der Waals surface area contributed by atoms with Crippen LogP contribution in [0.3, 0.4) is 0 Å². The summed E-state index contributed by atoms with van der Waals surface area (Å²) in [5, 5.41) is 10.3. The molecule has 6 aliphatic rings. The van der Waals surface area contributed by atoms with Gasteiger partial charge in [0, 0.05) is 31.6 Å². The second kappa shape index (κ2) is 9.21. The van der Waals surface area contributed by atoms with E-state index in [1.807, 2.05) is 5.57 Å². The zero-order valence-corrected chi connectivity index (χ0v) is 23.9. The fourth-order valence-corrected chi connectivity index (χ4v) is 10.2. The lowest BCUT2D eigenvalue weighted by atomic mass is 9.56. The molecule has 0 aromatic rings. The summed E-state index contributed by atoms with van der Waals surface area (Å²) in [7, 11) is 4.40. The van der Waals surface area contributed by atoms with Crippen molar-refractivity contribution >= 4 is 0 Å². The third-order valence-corrected chi connectivity index (χ3v) is 12.1. The minimum Gasteiger partial charge on any atom is -0.389 e. The third kappa shape index (κ3) is 4.00. The topological polar surface area (TPSA) is 35.9 Å². The van der Waals surface area contributed by atoms with Crippen LogP contribution in [0, 0.1) is 35.0 Å². The molecule has 0 aromatic heterocycles. The lowest BCUT2D eigenvalue weighted by Crippen LogP contribution is -2.53. The second-order valence-electron chi connectivity index (χ2n) is 14.5. The Bertz CT molecular complexity index is 925. The zero-order valence-electron chi connectivity index (χ0n) is 23.9.